The van der Waals surface area contributed by atoms with Crippen molar-refractivity contribution in [3.05, 3.63) is 12.1 Å². The summed E-state index contributed by atoms with van der Waals surface area (Å²) >= 11 is 0. The van der Waals surface area contributed by atoms with Crippen LogP contribution in [0.4, 0.5) is 11.8 Å². The minimum atomic E-state index is 0.267. The smallest absolute Gasteiger partial charge is 0.227 e. The van der Waals surface area contributed by atoms with Crippen molar-refractivity contribution in [1.29, 1.82) is 0 Å². The fraction of sp³-hybridized carbons (Fsp3) is 0.579. The zero-order valence-corrected chi connectivity index (χ0v) is 16.0. The van der Waals surface area contributed by atoms with E-state index < -0.39 is 0 Å². The van der Waals surface area contributed by atoms with Crippen LogP contribution in [0.15, 0.2) is 12.1 Å². The maximum atomic E-state index is 9.18. The first-order valence-electron chi connectivity index (χ1n) is 9.04. The number of anilines is 2. The molecule has 26 heavy (non-hydrogen) atoms. The average Bonchev–Trinajstić information content (AvgIpc) is 2.66. The molecule has 142 valence electrons. The summed E-state index contributed by atoms with van der Waals surface area (Å²) in [5, 5.41) is 10.1. The van der Waals surface area contributed by atoms with Gasteiger partial charge >= 0.3 is 0 Å². The number of ether oxygens (including phenoxy) is 2. The molecule has 0 spiro atoms. The maximum Gasteiger partial charge on any atom is 0.227 e. The van der Waals surface area contributed by atoms with Gasteiger partial charge in [-0.25, -0.2) is 4.98 Å². The SMILES string of the molecule is COc1cc2nc(N(C)C)nc(N3CCC(CCO)CC3)c2cc1OC. The molecule has 2 heterocycles. The van der Waals surface area contributed by atoms with Crippen LogP contribution >= 0.6 is 0 Å². The van der Waals surface area contributed by atoms with Gasteiger partial charge in [0.2, 0.25) is 5.95 Å². The highest BCUT2D eigenvalue weighted by molar-refractivity contribution is 5.93. The Balaban J connectivity index is 2.04. The van der Waals surface area contributed by atoms with Crippen molar-refractivity contribution in [2.45, 2.75) is 19.3 Å². The summed E-state index contributed by atoms with van der Waals surface area (Å²) in [6.45, 7) is 2.12. The number of aliphatic hydroxyl groups excluding tert-OH is 1. The predicted molar refractivity (Wildman–Crippen MR) is 104 cm³/mol. The highest BCUT2D eigenvalue weighted by Crippen LogP contribution is 2.37. The largest absolute Gasteiger partial charge is 0.493 e. The third kappa shape index (κ3) is 3.62. The molecule has 0 aliphatic carbocycles. The molecule has 1 N–H and O–H groups in total. The van der Waals surface area contributed by atoms with Crippen LogP contribution in [0.1, 0.15) is 19.3 Å². The second kappa shape index (κ2) is 7.95. The molecule has 0 saturated carbocycles. The summed E-state index contributed by atoms with van der Waals surface area (Å²) in [6.07, 6.45) is 3.01. The molecule has 0 radical (unpaired) electrons. The lowest BCUT2D eigenvalue weighted by Crippen LogP contribution is -2.35. The third-order valence-electron chi connectivity index (χ3n) is 5.02. The molecule has 0 amide bonds. The van der Waals surface area contributed by atoms with Crippen LogP contribution in [-0.4, -0.2) is 63.1 Å². The number of benzene rings is 1. The Morgan fingerprint density at radius 2 is 1.77 bits per heavy atom. The molecule has 1 aromatic heterocycles. The third-order valence-corrected chi connectivity index (χ3v) is 5.02. The summed E-state index contributed by atoms with van der Waals surface area (Å²) in [4.78, 5) is 13.7. The van der Waals surface area contributed by atoms with Crippen LogP contribution in [0.2, 0.25) is 0 Å². The van der Waals surface area contributed by atoms with Crippen molar-refractivity contribution in [3.8, 4) is 11.5 Å². The van der Waals surface area contributed by atoms with Gasteiger partial charge in [0.25, 0.3) is 0 Å². The molecule has 0 unspecified atom stereocenters. The molecular weight excluding hydrogens is 332 g/mol. The van der Waals surface area contributed by atoms with E-state index in [4.69, 9.17) is 14.5 Å². The van der Waals surface area contributed by atoms with E-state index >= 15 is 0 Å². The number of nitrogens with zero attached hydrogens (tertiary/aromatic N) is 4. The second-order valence-electron chi connectivity index (χ2n) is 6.91. The average molecular weight is 360 g/mol. The zero-order valence-electron chi connectivity index (χ0n) is 16.0. The summed E-state index contributed by atoms with van der Waals surface area (Å²) in [6, 6.07) is 3.87. The molecule has 1 aliphatic heterocycles. The lowest BCUT2D eigenvalue weighted by atomic mass is 9.94. The molecule has 7 nitrogen and oxygen atoms in total. The van der Waals surface area contributed by atoms with E-state index in [1.54, 1.807) is 14.2 Å². The number of rotatable bonds is 6. The first kappa shape index (κ1) is 18.5. The molecule has 0 bridgehead atoms. The Bertz CT molecular complexity index is 758. The number of hydrogen-bond acceptors (Lipinski definition) is 7. The minimum Gasteiger partial charge on any atom is -0.493 e. The highest BCUT2D eigenvalue weighted by Gasteiger charge is 2.23. The quantitative estimate of drug-likeness (QED) is 0.847. The van der Waals surface area contributed by atoms with E-state index in [0.717, 1.165) is 49.1 Å². The monoisotopic (exact) mass is 360 g/mol. The molecule has 1 aliphatic rings. The predicted octanol–water partition coefficient (Wildman–Crippen LogP) is 2.31. The van der Waals surface area contributed by atoms with Crippen LogP contribution in [-0.2, 0) is 0 Å². The van der Waals surface area contributed by atoms with E-state index in [9.17, 15) is 5.11 Å². The van der Waals surface area contributed by atoms with Crippen molar-refractivity contribution >= 4 is 22.7 Å². The lowest BCUT2D eigenvalue weighted by molar-refractivity contribution is 0.240. The van der Waals surface area contributed by atoms with E-state index in [0.29, 0.717) is 23.4 Å². The van der Waals surface area contributed by atoms with Crippen LogP contribution in [0.25, 0.3) is 10.9 Å². The van der Waals surface area contributed by atoms with Gasteiger partial charge in [-0.2, -0.15) is 4.98 Å². The standard InChI is InChI=1S/C19H28N4O3/c1-22(2)19-20-15-12-17(26-4)16(25-3)11-14(15)18(21-19)23-8-5-13(6-9-23)7-10-24/h11-13,24H,5-10H2,1-4H3. The van der Waals surface area contributed by atoms with E-state index in [-0.39, 0.29) is 6.61 Å². The van der Waals surface area contributed by atoms with E-state index in [2.05, 4.69) is 9.88 Å². The number of piperidine rings is 1. The van der Waals surface area contributed by atoms with Gasteiger partial charge in [-0.3, -0.25) is 0 Å². The van der Waals surface area contributed by atoms with Gasteiger partial charge < -0.3 is 24.4 Å². The van der Waals surface area contributed by atoms with E-state index in [1.807, 2.05) is 31.1 Å². The second-order valence-corrected chi connectivity index (χ2v) is 6.91. The van der Waals surface area contributed by atoms with Crippen LogP contribution in [0, 0.1) is 5.92 Å². The topological polar surface area (TPSA) is 71.0 Å². The molecule has 0 atom stereocenters. The fourth-order valence-corrected chi connectivity index (χ4v) is 3.48. The minimum absolute atomic E-state index is 0.267. The molecule has 7 heteroatoms. The summed E-state index contributed by atoms with van der Waals surface area (Å²) in [5.74, 6) is 3.54. The Morgan fingerprint density at radius 3 is 2.35 bits per heavy atom. The van der Waals surface area contributed by atoms with Crippen molar-refractivity contribution in [2.24, 2.45) is 5.92 Å². The van der Waals surface area contributed by atoms with Gasteiger partial charge in [0.1, 0.15) is 5.82 Å². The Labute approximate surface area is 154 Å². The highest BCUT2D eigenvalue weighted by atomic mass is 16.5. The van der Waals surface area contributed by atoms with Gasteiger partial charge in [0.05, 0.1) is 19.7 Å². The normalized spacial score (nSPS) is 15.3. The number of hydrogen-bond donors (Lipinski definition) is 1. The van der Waals surface area contributed by atoms with Gasteiger partial charge in [0, 0.05) is 45.2 Å². The van der Waals surface area contributed by atoms with Gasteiger partial charge in [-0.05, 0) is 31.2 Å². The Kier molecular flexibility index (Phi) is 5.66. The van der Waals surface area contributed by atoms with Crippen LogP contribution < -0.4 is 19.3 Å². The molecule has 1 saturated heterocycles. The van der Waals surface area contributed by atoms with Gasteiger partial charge in [-0.15, -0.1) is 0 Å². The summed E-state index contributed by atoms with van der Waals surface area (Å²) in [5.41, 5.74) is 0.842. The number of methoxy groups -OCH3 is 2. The van der Waals surface area contributed by atoms with E-state index in [1.165, 1.54) is 0 Å². The Morgan fingerprint density at radius 1 is 1.12 bits per heavy atom. The molecule has 3 rings (SSSR count). The Hall–Kier alpha value is -2.28. The van der Waals surface area contributed by atoms with Gasteiger partial charge in [0.15, 0.2) is 11.5 Å². The number of aromatic nitrogens is 2. The molecular formula is C19H28N4O3. The van der Waals surface area contributed by atoms with Gasteiger partial charge in [-0.1, -0.05) is 0 Å². The fourth-order valence-electron chi connectivity index (χ4n) is 3.48. The van der Waals surface area contributed by atoms with Crippen LogP contribution in [0.5, 0.6) is 11.5 Å². The lowest BCUT2D eigenvalue weighted by Gasteiger charge is -2.33. The van der Waals surface area contributed by atoms with Crippen molar-refractivity contribution in [3.63, 3.8) is 0 Å². The van der Waals surface area contributed by atoms with Crippen molar-refractivity contribution in [1.82, 2.24) is 9.97 Å². The zero-order chi connectivity index (χ0) is 18.7. The summed E-state index contributed by atoms with van der Waals surface area (Å²) in [7, 11) is 7.15. The van der Waals surface area contributed by atoms with Crippen molar-refractivity contribution in [2.75, 3.05) is 57.8 Å². The first-order valence-corrected chi connectivity index (χ1v) is 9.04. The molecule has 2 aromatic rings. The number of fused-ring (bicyclic) bond motifs is 1. The first-order chi connectivity index (χ1) is 12.6. The molecule has 1 aromatic carbocycles. The summed E-state index contributed by atoms with van der Waals surface area (Å²) < 4.78 is 10.9. The molecule has 1 fully saturated rings. The maximum absolute atomic E-state index is 9.18. The number of aliphatic hydroxyl groups is 1. The van der Waals surface area contributed by atoms with Crippen LogP contribution in [0.3, 0.4) is 0 Å². The van der Waals surface area contributed by atoms with Crippen molar-refractivity contribution < 1.29 is 14.6 Å².